The molecule has 7 nitrogen and oxygen atoms in total. The van der Waals surface area contributed by atoms with E-state index in [0.717, 1.165) is 5.69 Å². The lowest BCUT2D eigenvalue weighted by molar-refractivity contribution is -0.384. The third-order valence-corrected chi connectivity index (χ3v) is 3.47. The molecule has 1 saturated heterocycles. The van der Waals surface area contributed by atoms with Crippen molar-refractivity contribution < 1.29 is 14.6 Å². The molecule has 1 aromatic rings. The standard InChI is InChI=1S/C15H21N3O4/c1-15(2,3)14(19)22-17-9-7-16(8-10-17)12-5-4-6-13(11-12)18(20)21/h4-6,11H,7-10H2,1-3H3. The van der Waals surface area contributed by atoms with Crippen LogP contribution < -0.4 is 4.90 Å². The number of carbonyl (C=O) groups is 1. The van der Waals surface area contributed by atoms with Gasteiger partial charge in [0.05, 0.1) is 23.4 Å². The third-order valence-electron chi connectivity index (χ3n) is 3.47. The second-order valence-electron chi connectivity index (χ2n) is 6.32. The number of nitro groups is 1. The highest BCUT2D eigenvalue weighted by molar-refractivity contribution is 5.75. The van der Waals surface area contributed by atoms with Crippen LogP contribution in [0.15, 0.2) is 24.3 Å². The van der Waals surface area contributed by atoms with Gasteiger partial charge in [0.25, 0.3) is 5.69 Å². The molecule has 1 fully saturated rings. The minimum absolute atomic E-state index is 0.0825. The van der Waals surface area contributed by atoms with Crippen molar-refractivity contribution in [2.24, 2.45) is 5.41 Å². The molecule has 0 radical (unpaired) electrons. The number of piperazine rings is 1. The monoisotopic (exact) mass is 307 g/mol. The molecule has 0 spiro atoms. The van der Waals surface area contributed by atoms with Crippen molar-refractivity contribution in [2.75, 3.05) is 31.1 Å². The average molecular weight is 307 g/mol. The van der Waals surface area contributed by atoms with Gasteiger partial charge < -0.3 is 9.74 Å². The summed E-state index contributed by atoms with van der Waals surface area (Å²) in [5, 5.41) is 12.5. The van der Waals surface area contributed by atoms with Crippen molar-refractivity contribution in [2.45, 2.75) is 20.8 Å². The van der Waals surface area contributed by atoms with Crippen molar-refractivity contribution in [1.29, 1.82) is 0 Å². The Morgan fingerprint density at radius 1 is 1.23 bits per heavy atom. The minimum Gasteiger partial charge on any atom is -0.368 e. The fraction of sp³-hybridized carbons (Fsp3) is 0.533. The highest BCUT2D eigenvalue weighted by atomic mass is 16.7. The quantitative estimate of drug-likeness (QED) is 0.629. The van der Waals surface area contributed by atoms with E-state index in [0.29, 0.717) is 26.2 Å². The van der Waals surface area contributed by atoms with E-state index in [1.54, 1.807) is 17.2 Å². The first-order valence-corrected chi connectivity index (χ1v) is 7.24. The Morgan fingerprint density at radius 2 is 1.86 bits per heavy atom. The summed E-state index contributed by atoms with van der Waals surface area (Å²) in [6.07, 6.45) is 0. The molecule has 0 aromatic heterocycles. The van der Waals surface area contributed by atoms with E-state index in [4.69, 9.17) is 4.84 Å². The van der Waals surface area contributed by atoms with Crippen molar-refractivity contribution in [3.05, 3.63) is 34.4 Å². The maximum absolute atomic E-state index is 11.9. The zero-order chi connectivity index (χ0) is 16.3. The number of rotatable bonds is 3. The first-order valence-electron chi connectivity index (χ1n) is 7.24. The number of nitrogens with zero attached hydrogens (tertiary/aromatic N) is 3. The summed E-state index contributed by atoms with van der Waals surface area (Å²) in [6.45, 7) is 7.89. The van der Waals surface area contributed by atoms with Crippen molar-refractivity contribution in [1.82, 2.24) is 5.06 Å². The largest absolute Gasteiger partial charge is 0.368 e. The van der Waals surface area contributed by atoms with Gasteiger partial charge in [0, 0.05) is 30.9 Å². The topological polar surface area (TPSA) is 75.9 Å². The van der Waals surface area contributed by atoms with Gasteiger partial charge >= 0.3 is 5.97 Å². The Kier molecular flexibility index (Phi) is 4.65. The maximum Gasteiger partial charge on any atom is 0.330 e. The molecular formula is C15H21N3O4. The zero-order valence-corrected chi connectivity index (χ0v) is 13.1. The van der Waals surface area contributed by atoms with Gasteiger partial charge in [-0.3, -0.25) is 10.1 Å². The number of nitro benzene ring substituents is 1. The number of non-ortho nitro benzene ring substituents is 1. The average Bonchev–Trinajstić information content (AvgIpc) is 2.47. The Labute approximate surface area is 129 Å². The number of benzene rings is 1. The van der Waals surface area contributed by atoms with E-state index in [1.165, 1.54) is 6.07 Å². The molecule has 120 valence electrons. The normalized spacial score (nSPS) is 16.4. The van der Waals surface area contributed by atoms with Crippen LogP contribution in [0.3, 0.4) is 0 Å². The van der Waals surface area contributed by atoms with Crippen LogP contribution in [0.2, 0.25) is 0 Å². The van der Waals surface area contributed by atoms with E-state index in [2.05, 4.69) is 4.90 Å². The molecule has 0 atom stereocenters. The first kappa shape index (κ1) is 16.2. The highest BCUT2D eigenvalue weighted by Gasteiger charge is 2.28. The summed E-state index contributed by atoms with van der Waals surface area (Å²) in [5.41, 5.74) is 0.368. The number of anilines is 1. The molecule has 1 heterocycles. The van der Waals surface area contributed by atoms with Crippen molar-refractivity contribution in [3.8, 4) is 0 Å². The van der Waals surface area contributed by atoms with Crippen molar-refractivity contribution in [3.63, 3.8) is 0 Å². The lowest BCUT2D eigenvalue weighted by Crippen LogP contribution is -2.48. The van der Waals surface area contributed by atoms with E-state index < -0.39 is 10.3 Å². The van der Waals surface area contributed by atoms with Crippen LogP contribution in [-0.2, 0) is 9.63 Å². The Bertz CT molecular complexity index is 560. The number of hydrogen-bond acceptors (Lipinski definition) is 6. The molecule has 0 bridgehead atoms. The number of carbonyl (C=O) groups excluding carboxylic acids is 1. The molecule has 2 rings (SSSR count). The molecule has 1 aliphatic heterocycles. The molecule has 0 amide bonds. The molecule has 0 unspecified atom stereocenters. The van der Waals surface area contributed by atoms with Gasteiger partial charge in [0.2, 0.25) is 0 Å². The molecule has 0 aliphatic carbocycles. The first-order chi connectivity index (χ1) is 10.3. The van der Waals surface area contributed by atoms with Crippen LogP contribution >= 0.6 is 0 Å². The fourth-order valence-electron chi connectivity index (χ4n) is 2.10. The molecule has 7 heteroatoms. The number of hydroxylamine groups is 2. The summed E-state index contributed by atoms with van der Waals surface area (Å²) < 4.78 is 0. The Balaban J connectivity index is 1.94. The highest BCUT2D eigenvalue weighted by Crippen LogP contribution is 2.23. The molecular weight excluding hydrogens is 286 g/mol. The van der Waals surface area contributed by atoms with Crippen LogP contribution in [0.25, 0.3) is 0 Å². The maximum atomic E-state index is 11.9. The van der Waals surface area contributed by atoms with Gasteiger partial charge in [-0.1, -0.05) is 6.07 Å². The van der Waals surface area contributed by atoms with Gasteiger partial charge in [0.15, 0.2) is 0 Å². The van der Waals surface area contributed by atoms with Gasteiger partial charge in [-0.05, 0) is 26.8 Å². The van der Waals surface area contributed by atoms with Gasteiger partial charge in [0.1, 0.15) is 0 Å². The smallest absolute Gasteiger partial charge is 0.330 e. The van der Waals surface area contributed by atoms with E-state index in [9.17, 15) is 14.9 Å². The lowest BCUT2D eigenvalue weighted by atomic mass is 9.98. The Hall–Kier alpha value is -2.15. The van der Waals surface area contributed by atoms with Crippen LogP contribution in [-0.4, -0.2) is 42.1 Å². The summed E-state index contributed by atoms with van der Waals surface area (Å²) in [5.74, 6) is -0.253. The zero-order valence-electron chi connectivity index (χ0n) is 13.1. The predicted octanol–water partition coefficient (Wildman–Crippen LogP) is 2.22. The molecule has 0 saturated carbocycles. The summed E-state index contributed by atoms with van der Waals surface area (Å²) in [6, 6.07) is 6.57. The molecule has 1 aliphatic rings. The van der Waals surface area contributed by atoms with Crippen LogP contribution in [0.1, 0.15) is 20.8 Å². The van der Waals surface area contributed by atoms with Crippen LogP contribution in [0, 0.1) is 15.5 Å². The minimum atomic E-state index is -0.531. The summed E-state index contributed by atoms with van der Waals surface area (Å²) >= 11 is 0. The van der Waals surface area contributed by atoms with Crippen LogP contribution in [0.5, 0.6) is 0 Å². The van der Waals surface area contributed by atoms with Crippen molar-refractivity contribution >= 4 is 17.3 Å². The Morgan fingerprint density at radius 3 is 2.41 bits per heavy atom. The fourth-order valence-corrected chi connectivity index (χ4v) is 2.10. The second kappa shape index (κ2) is 6.31. The SMILES string of the molecule is CC(C)(C)C(=O)ON1CCN(c2cccc([N+](=O)[O-])c2)CC1. The van der Waals surface area contributed by atoms with Gasteiger partial charge in [-0.2, -0.15) is 0 Å². The van der Waals surface area contributed by atoms with E-state index >= 15 is 0 Å². The lowest BCUT2D eigenvalue weighted by Gasteiger charge is -2.35. The summed E-state index contributed by atoms with van der Waals surface area (Å²) in [7, 11) is 0. The molecule has 0 N–H and O–H groups in total. The summed E-state index contributed by atoms with van der Waals surface area (Å²) in [4.78, 5) is 29.7. The third kappa shape index (κ3) is 3.94. The predicted molar refractivity (Wildman–Crippen MR) is 82.4 cm³/mol. The van der Waals surface area contributed by atoms with Gasteiger partial charge in [-0.15, -0.1) is 5.06 Å². The molecule has 1 aromatic carbocycles. The van der Waals surface area contributed by atoms with E-state index in [1.807, 2.05) is 26.8 Å². The van der Waals surface area contributed by atoms with Gasteiger partial charge in [-0.25, -0.2) is 4.79 Å². The van der Waals surface area contributed by atoms with E-state index in [-0.39, 0.29) is 11.7 Å². The molecule has 22 heavy (non-hydrogen) atoms. The number of hydrogen-bond donors (Lipinski definition) is 0. The van der Waals surface area contributed by atoms with Crippen LogP contribution in [0.4, 0.5) is 11.4 Å². The second-order valence-corrected chi connectivity index (χ2v) is 6.32.